The first kappa shape index (κ1) is 13.8. The number of ether oxygens (including phenoxy) is 1. The molecular formula is C11H22O2S. The van der Waals surface area contributed by atoms with E-state index in [1.54, 1.807) is 0 Å². The largest absolute Gasteiger partial charge is 0.465 e. The van der Waals surface area contributed by atoms with Gasteiger partial charge in [-0.2, -0.15) is 12.6 Å². The second-order valence-electron chi connectivity index (χ2n) is 3.80. The van der Waals surface area contributed by atoms with Gasteiger partial charge in [0.2, 0.25) is 0 Å². The molecule has 0 aliphatic heterocycles. The van der Waals surface area contributed by atoms with Gasteiger partial charge in [0.05, 0.1) is 6.61 Å². The Bertz CT molecular complexity index is 167. The van der Waals surface area contributed by atoms with Crippen LogP contribution in [0.3, 0.4) is 0 Å². The molecule has 0 N–H and O–H groups in total. The highest BCUT2D eigenvalue weighted by Gasteiger charge is 2.29. The Morgan fingerprint density at radius 3 is 2.43 bits per heavy atom. The van der Waals surface area contributed by atoms with Crippen molar-refractivity contribution in [1.82, 2.24) is 0 Å². The minimum Gasteiger partial charge on any atom is -0.465 e. The van der Waals surface area contributed by atoms with Crippen LogP contribution in [0.5, 0.6) is 0 Å². The molecule has 14 heavy (non-hydrogen) atoms. The van der Waals surface area contributed by atoms with Crippen LogP contribution in [0, 0.1) is 0 Å². The second kappa shape index (κ2) is 7.16. The highest BCUT2D eigenvalue weighted by molar-refractivity contribution is 7.82. The van der Waals surface area contributed by atoms with Gasteiger partial charge < -0.3 is 4.74 Å². The van der Waals surface area contributed by atoms with Gasteiger partial charge in [-0.3, -0.25) is 4.79 Å². The molecule has 0 saturated carbocycles. The van der Waals surface area contributed by atoms with E-state index >= 15 is 0 Å². The third-order valence-corrected chi connectivity index (χ3v) is 2.64. The molecule has 84 valence electrons. The third-order valence-electron chi connectivity index (χ3n) is 2.23. The molecule has 0 heterocycles. The maximum Gasteiger partial charge on any atom is 0.321 e. The summed E-state index contributed by atoms with van der Waals surface area (Å²) in [6.45, 7) is 6.26. The van der Waals surface area contributed by atoms with Crippen LogP contribution in [0.4, 0.5) is 0 Å². The van der Waals surface area contributed by atoms with E-state index in [0.29, 0.717) is 6.61 Å². The van der Waals surface area contributed by atoms with Gasteiger partial charge in [0.15, 0.2) is 0 Å². The molecule has 0 aromatic rings. The van der Waals surface area contributed by atoms with Gasteiger partial charge >= 0.3 is 5.97 Å². The average Bonchev–Trinajstić information content (AvgIpc) is 2.13. The van der Waals surface area contributed by atoms with Crippen molar-refractivity contribution < 1.29 is 9.53 Å². The Balaban J connectivity index is 3.76. The summed E-state index contributed by atoms with van der Waals surface area (Å²) in [6.07, 6.45) is 5.46. The van der Waals surface area contributed by atoms with E-state index in [1.807, 2.05) is 13.8 Å². The van der Waals surface area contributed by atoms with Crippen LogP contribution >= 0.6 is 12.6 Å². The van der Waals surface area contributed by atoms with Gasteiger partial charge in [-0.15, -0.1) is 0 Å². The lowest BCUT2D eigenvalue weighted by Gasteiger charge is -2.20. The fourth-order valence-corrected chi connectivity index (χ4v) is 1.51. The summed E-state index contributed by atoms with van der Waals surface area (Å²) < 4.78 is 4.34. The summed E-state index contributed by atoms with van der Waals surface area (Å²) >= 11 is 4.34. The van der Waals surface area contributed by atoms with E-state index in [4.69, 9.17) is 4.74 Å². The van der Waals surface area contributed by atoms with Crippen molar-refractivity contribution in [3.8, 4) is 0 Å². The molecule has 1 unspecified atom stereocenters. The van der Waals surface area contributed by atoms with Gasteiger partial charge in [0.1, 0.15) is 4.75 Å². The molecular weight excluding hydrogens is 196 g/mol. The Morgan fingerprint density at radius 2 is 1.93 bits per heavy atom. The first-order valence-corrected chi connectivity index (χ1v) is 5.89. The van der Waals surface area contributed by atoms with Crippen LogP contribution in [0.2, 0.25) is 0 Å². The molecule has 0 fully saturated rings. The molecule has 0 aliphatic rings. The molecule has 1 atom stereocenters. The number of esters is 1. The standard InChI is InChI=1S/C11H22O2S/c1-4-6-7-8-9-11(3,14)10(12)13-5-2/h14H,4-9H2,1-3H3. The number of carbonyl (C=O) groups excluding carboxylic acids is 1. The van der Waals surface area contributed by atoms with Crippen molar-refractivity contribution in [2.24, 2.45) is 0 Å². The van der Waals surface area contributed by atoms with E-state index < -0.39 is 4.75 Å². The lowest BCUT2D eigenvalue weighted by Crippen LogP contribution is -2.31. The van der Waals surface area contributed by atoms with Gasteiger partial charge in [-0.1, -0.05) is 32.6 Å². The maximum atomic E-state index is 11.4. The van der Waals surface area contributed by atoms with Crippen molar-refractivity contribution in [3.63, 3.8) is 0 Å². The summed E-state index contributed by atoms with van der Waals surface area (Å²) in [4.78, 5) is 11.4. The highest BCUT2D eigenvalue weighted by atomic mass is 32.1. The van der Waals surface area contributed by atoms with E-state index in [2.05, 4.69) is 19.6 Å². The minimum atomic E-state index is -0.607. The molecule has 0 rings (SSSR count). The Morgan fingerprint density at radius 1 is 1.29 bits per heavy atom. The third kappa shape index (κ3) is 5.53. The number of hydrogen-bond donors (Lipinski definition) is 1. The van der Waals surface area contributed by atoms with Gasteiger partial charge in [0, 0.05) is 0 Å². The van der Waals surface area contributed by atoms with E-state index in [-0.39, 0.29) is 5.97 Å². The Labute approximate surface area is 92.8 Å². The van der Waals surface area contributed by atoms with Crippen LogP contribution in [0.15, 0.2) is 0 Å². The van der Waals surface area contributed by atoms with Crippen molar-refractivity contribution in [2.45, 2.75) is 57.6 Å². The SMILES string of the molecule is CCCCCCC(C)(S)C(=O)OCC. The normalized spacial score (nSPS) is 14.9. The maximum absolute atomic E-state index is 11.4. The van der Waals surface area contributed by atoms with Crippen molar-refractivity contribution >= 4 is 18.6 Å². The quantitative estimate of drug-likeness (QED) is 0.403. The van der Waals surface area contributed by atoms with Gasteiger partial charge in [-0.25, -0.2) is 0 Å². The molecule has 0 aromatic carbocycles. The zero-order valence-electron chi connectivity index (χ0n) is 9.51. The number of carbonyl (C=O) groups is 1. The summed E-state index contributed by atoms with van der Waals surface area (Å²) in [7, 11) is 0. The zero-order valence-corrected chi connectivity index (χ0v) is 10.4. The van der Waals surface area contributed by atoms with Gasteiger partial charge in [0.25, 0.3) is 0 Å². The van der Waals surface area contributed by atoms with Gasteiger partial charge in [-0.05, 0) is 20.3 Å². The number of unbranched alkanes of at least 4 members (excludes halogenated alkanes) is 3. The molecule has 0 aliphatic carbocycles. The van der Waals surface area contributed by atoms with Crippen LogP contribution in [-0.2, 0) is 9.53 Å². The predicted octanol–water partition coefficient (Wildman–Crippen LogP) is 3.21. The highest BCUT2D eigenvalue weighted by Crippen LogP contribution is 2.23. The Hall–Kier alpha value is -0.180. The molecule has 2 nitrogen and oxygen atoms in total. The summed E-state index contributed by atoms with van der Waals surface area (Å²) in [5.41, 5.74) is 0. The van der Waals surface area contributed by atoms with Crippen LogP contribution in [-0.4, -0.2) is 17.3 Å². The predicted molar refractivity (Wildman–Crippen MR) is 62.8 cm³/mol. The minimum absolute atomic E-state index is 0.195. The van der Waals surface area contributed by atoms with Crippen molar-refractivity contribution in [2.75, 3.05) is 6.61 Å². The second-order valence-corrected chi connectivity index (χ2v) is 4.79. The van der Waals surface area contributed by atoms with Crippen molar-refractivity contribution in [3.05, 3.63) is 0 Å². The molecule has 0 radical (unpaired) electrons. The van der Waals surface area contributed by atoms with E-state index in [1.165, 1.54) is 19.3 Å². The molecule has 0 spiro atoms. The molecule has 0 amide bonds. The number of hydrogen-bond acceptors (Lipinski definition) is 3. The van der Waals surface area contributed by atoms with Crippen LogP contribution in [0.25, 0.3) is 0 Å². The molecule has 3 heteroatoms. The molecule has 0 saturated heterocycles. The fraction of sp³-hybridized carbons (Fsp3) is 0.909. The topological polar surface area (TPSA) is 26.3 Å². The first-order valence-electron chi connectivity index (χ1n) is 5.44. The summed E-state index contributed by atoms with van der Waals surface area (Å²) in [6, 6.07) is 0. The fourth-order valence-electron chi connectivity index (χ4n) is 1.28. The Kier molecular flexibility index (Phi) is 7.06. The van der Waals surface area contributed by atoms with Crippen LogP contribution < -0.4 is 0 Å². The summed E-state index contributed by atoms with van der Waals surface area (Å²) in [5, 5.41) is 0. The smallest absolute Gasteiger partial charge is 0.321 e. The number of rotatable bonds is 7. The monoisotopic (exact) mass is 218 g/mol. The molecule has 0 bridgehead atoms. The molecule has 0 aromatic heterocycles. The lowest BCUT2D eigenvalue weighted by atomic mass is 10.0. The number of thiol groups is 1. The van der Waals surface area contributed by atoms with Crippen LogP contribution in [0.1, 0.15) is 52.9 Å². The lowest BCUT2D eigenvalue weighted by molar-refractivity contribution is -0.145. The zero-order chi connectivity index (χ0) is 11.0. The van der Waals surface area contributed by atoms with Crippen molar-refractivity contribution in [1.29, 1.82) is 0 Å². The first-order chi connectivity index (χ1) is 6.54. The summed E-state index contributed by atoms with van der Waals surface area (Å²) in [5.74, 6) is -0.195. The van der Waals surface area contributed by atoms with E-state index in [9.17, 15) is 4.79 Å². The average molecular weight is 218 g/mol. The van der Waals surface area contributed by atoms with E-state index in [0.717, 1.165) is 12.8 Å².